The van der Waals surface area contributed by atoms with Crippen molar-refractivity contribution in [2.24, 2.45) is 0 Å². The summed E-state index contributed by atoms with van der Waals surface area (Å²) in [6.07, 6.45) is 2.99. The van der Waals surface area contributed by atoms with Crippen molar-refractivity contribution in [2.75, 3.05) is 23.9 Å². The van der Waals surface area contributed by atoms with E-state index in [4.69, 9.17) is 4.74 Å². The van der Waals surface area contributed by atoms with Gasteiger partial charge in [0.05, 0.1) is 29.9 Å². The SMILES string of the molecule is C=CCn1c(SCC(=O)N[C@H]2CCOc3ccccc32)nnc1[C@H]1CCS(=O)(=O)C1. The number of fused-ring (bicyclic) bond motifs is 1. The van der Waals surface area contributed by atoms with Crippen molar-refractivity contribution in [2.45, 2.75) is 36.5 Å². The minimum atomic E-state index is -3.02. The van der Waals surface area contributed by atoms with E-state index in [0.717, 1.165) is 17.7 Å². The number of carbonyl (C=O) groups is 1. The minimum Gasteiger partial charge on any atom is -0.493 e. The minimum absolute atomic E-state index is 0.0756. The van der Waals surface area contributed by atoms with Gasteiger partial charge in [0.2, 0.25) is 5.91 Å². The van der Waals surface area contributed by atoms with Crippen molar-refractivity contribution in [1.82, 2.24) is 20.1 Å². The Morgan fingerprint density at radius 2 is 2.17 bits per heavy atom. The number of thioether (sulfide) groups is 1. The predicted molar refractivity (Wildman–Crippen MR) is 114 cm³/mol. The van der Waals surface area contributed by atoms with E-state index in [9.17, 15) is 13.2 Å². The number of ether oxygens (including phenoxy) is 1. The van der Waals surface area contributed by atoms with Crippen LogP contribution < -0.4 is 10.1 Å². The number of nitrogens with one attached hydrogen (secondary N) is 1. The van der Waals surface area contributed by atoms with Crippen molar-refractivity contribution in [1.29, 1.82) is 0 Å². The number of para-hydroxylation sites is 1. The first-order valence-corrected chi connectivity index (χ1v) is 12.7. The van der Waals surface area contributed by atoms with Gasteiger partial charge in [0.1, 0.15) is 11.6 Å². The molecule has 10 heteroatoms. The van der Waals surface area contributed by atoms with E-state index in [2.05, 4.69) is 22.1 Å². The Morgan fingerprint density at radius 1 is 1.33 bits per heavy atom. The van der Waals surface area contributed by atoms with Crippen molar-refractivity contribution >= 4 is 27.5 Å². The molecular weight excluding hydrogens is 424 g/mol. The largest absolute Gasteiger partial charge is 0.493 e. The first kappa shape index (κ1) is 20.9. The third-order valence-corrected chi connectivity index (χ3v) is 8.02. The molecule has 2 aromatic rings. The Hall–Kier alpha value is -2.33. The lowest BCUT2D eigenvalue weighted by molar-refractivity contribution is -0.119. The number of nitrogens with zero attached hydrogens (tertiary/aromatic N) is 3. The van der Waals surface area contributed by atoms with Gasteiger partial charge < -0.3 is 14.6 Å². The Balaban J connectivity index is 1.41. The number of sulfone groups is 1. The van der Waals surface area contributed by atoms with Gasteiger partial charge in [0.15, 0.2) is 15.0 Å². The lowest BCUT2D eigenvalue weighted by Crippen LogP contribution is -2.33. The molecule has 0 saturated carbocycles. The molecule has 2 aliphatic heterocycles. The zero-order valence-electron chi connectivity index (χ0n) is 16.5. The smallest absolute Gasteiger partial charge is 0.230 e. The quantitative estimate of drug-likeness (QED) is 0.511. The van der Waals surface area contributed by atoms with Crippen LogP contribution in [-0.4, -0.2) is 53.0 Å². The first-order valence-electron chi connectivity index (χ1n) is 9.85. The molecule has 4 rings (SSSR count). The second-order valence-electron chi connectivity index (χ2n) is 7.42. The Morgan fingerprint density at radius 3 is 2.93 bits per heavy atom. The van der Waals surface area contributed by atoms with E-state index in [1.807, 2.05) is 28.8 Å². The third kappa shape index (κ3) is 4.54. The Labute approximate surface area is 180 Å². The molecule has 1 saturated heterocycles. The highest BCUT2D eigenvalue weighted by Gasteiger charge is 2.33. The summed E-state index contributed by atoms with van der Waals surface area (Å²) in [5.41, 5.74) is 0.988. The molecule has 0 aliphatic carbocycles. The maximum atomic E-state index is 12.6. The highest BCUT2D eigenvalue weighted by atomic mass is 32.2. The molecular formula is C20H24N4O4S2. The van der Waals surface area contributed by atoms with Gasteiger partial charge in [0.25, 0.3) is 0 Å². The topological polar surface area (TPSA) is 103 Å². The van der Waals surface area contributed by atoms with E-state index >= 15 is 0 Å². The van der Waals surface area contributed by atoms with Gasteiger partial charge in [-0.2, -0.15) is 0 Å². The highest BCUT2D eigenvalue weighted by molar-refractivity contribution is 7.99. The fraction of sp³-hybridized carbons (Fsp3) is 0.450. The average Bonchev–Trinajstić information content (AvgIpc) is 3.29. The lowest BCUT2D eigenvalue weighted by atomic mass is 10.0. The van der Waals surface area contributed by atoms with Gasteiger partial charge in [-0.25, -0.2) is 8.42 Å². The number of hydrogen-bond donors (Lipinski definition) is 1. The number of carbonyl (C=O) groups excluding carboxylic acids is 1. The van der Waals surface area contributed by atoms with E-state index in [1.54, 1.807) is 6.08 Å². The molecule has 2 atom stereocenters. The van der Waals surface area contributed by atoms with Crippen LogP contribution in [0.25, 0.3) is 0 Å². The predicted octanol–water partition coefficient (Wildman–Crippen LogP) is 2.10. The fourth-order valence-corrected chi connectivity index (χ4v) is 6.37. The summed E-state index contributed by atoms with van der Waals surface area (Å²) in [4.78, 5) is 12.6. The molecule has 160 valence electrons. The number of rotatable bonds is 7. The summed E-state index contributed by atoms with van der Waals surface area (Å²) >= 11 is 1.29. The molecule has 3 heterocycles. The number of allylic oxidation sites excluding steroid dienone is 1. The summed E-state index contributed by atoms with van der Waals surface area (Å²) < 4.78 is 31.2. The maximum Gasteiger partial charge on any atom is 0.230 e. The molecule has 1 fully saturated rings. The van der Waals surface area contributed by atoms with Crippen molar-refractivity contribution in [3.05, 3.63) is 48.3 Å². The molecule has 0 bridgehead atoms. The zero-order chi connectivity index (χ0) is 21.1. The van der Waals surface area contributed by atoms with Gasteiger partial charge in [-0.3, -0.25) is 4.79 Å². The molecule has 0 unspecified atom stereocenters. The Bertz CT molecular complexity index is 1050. The van der Waals surface area contributed by atoms with Gasteiger partial charge >= 0.3 is 0 Å². The molecule has 0 spiro atoms. The molecule has 0 radical (unpaired) electrons. The van der Waals surface area contributed by atoms with E-state index in [1.165, 1.54) is 11.8 Å². The Kier molecular flexibility index (Phi) is 6.14. The molecule has 30 heavy (non-hydrogen) atoms. The van der Waals surface area contributed by atoms with Crippen LogP contribution in [-0.2, 0) is 21.2 Å². The van der Waals surface area contributed by atoms with E-state index in [-0.39, 0.29) is 35.1 Å². The fourth-order valence-electron chi connectivity index (χ4n) is 3.87. The van der Waals surface area contributed by atoms with Crippen LogP contribution in [0.15, 0.2) is 42.1 Å². The van der Waals surface area contributed by atoms with Gasteiger partial charge in [-0.1, -0.05) is 36.0 Å². The molecule has 1 N–H and O–H groups in total. The standard InChI is InChI=1S/C20H24N4O4S2/c1-2-9-24-19(14-8-11-30(26,27)13-14)22-23-20(24)29-12-18(25)21-16-7-10-28-17-6-4-3-5-15(16)17/h2-6,14,16H,1,7-13H2,(H,21,25)/t14-,16-/m0/s1. The van der Waals surface area contributed by atoms with Crippen molar-refractivity contribution in [3.8, 4) is 5.75 Å². The number of hydrogen-bond acceptors (Lipinski definition) is 7. The van der Waals surface area contributed by atoms with Crippen LogP contribution in [0.3, 0.4) is 0 Å². The van der Waals surface area contributed by atoms with Crippen LogP contribution in [0.2, 0.25) is 0 Å². The molecule has 1 aromatic heterocycles. The van der Waals surface area contributed by atoms with Gasteiger partial charge in [0, 0.05) is 24.4 Å². The third-order valence-electron chi connectivity index (χ3n) is 5.28. The van der Waals surface area contributed by atoms with Crippen LogP contribution >= 0.6 is 11.8 Å². The number of aromatic nitrogens is 3. The van der Waals surface area contributed by atoms with Gasteiger partial charge in [-0.05, 0) is 12.5 Å². The second kappa shape index (κ2) is 8.81. The summed E-state index contributed by atoms with van der Waals surface area (Å²) in [5.74, 6) is 1.66. The monoisotopic (exact) mass is 448 g/mol. The van der Waals surface area contributed by atoms with Gasteiger partial charge in [-0.15, -0.1) is 16.8 Å². The number of benzene rings is 1. The lowest BCUT2D eigenvalue weighted by Gasteiger charge is -2.26. The average molecular weight is 449 g/mol. The second-order valence-corrected chi connectivity index (χ2v) is 10.6. The highest BCUT2D eigenvalue weighted by Crippen LogP contribution is 2.32. The van der Waals surface area contributed by atoms with Crippen LogP contribution in [0.1, 0.15) is 36.2 Å². The van der Waals surface area contributed by atoms with Crippen LogP contribution in [0.4, 0.5) is 0 Å². The van der Waals surface area contributed by atoms with E-state index in [0.29, 0.717) is 30.6 Å². The zero-order valence-corrected chi connectivity index (χ0v) is 18.1. The normalized spacial score (nSPS) is 22.1. The molecule has 8 nitrogen and oxygen atoms in total. The van der Waals surface area contributed by atoms with Crippen molar-refractivity contribution in [3.63, 3.8) is 0 Å². The molecule has 2 aliphatic rings. The summed E-state index contributed by atoms with van der Waals surface area (Å²) in [6.45, 7) is 4.81. The van der Waals surface area contributed by atoms with Crippen molar-refractivity contribution < 1.29 is 17.9 Å². The van der Waals surface area contributed by atoms with E-state index < -0.39 is 9.84 Å². The van der Waals surface area contributed by atoms with Crippen LogP contribution in [0.5, 0.6) is 5.75 Å². The molecule has 1 aromatic carbocycles. The van der Waals surface area contributed by atoms with Crippen LogP contribution in [0, 0.1) is 0 Å². The maximum absolute atomic E-state index is 12.6. The number of amides is 1. The molecule has 1 amide bonds. The summed E-state index contributed by atoms with van der Waals surface area (Å²) in [6, 6.07) is 7.65. The summed E-state index contributed by atoms with van der Waals surface area (Å²) in [7, 11) is -3.02. The first-order chi connectivity index (χ1) is 14.5. The summed E-state index contributed by atoms with van der Waals surface area (Å²) in [5, 5.41) is 12.1.